The predicted octanol–water partition coefficient (Wildman–Crippen LogP) is 4.32. The van der Waals surface area contributed by atoms with Crippen LogP contribution in [0.2, 0.25) is 0 Å². The molecule has 0 aliphatic rings. The Morgan fingerprint density at radius 2 is 1.55 bits per heavy atom. The number of carbonyl (C=O) groups is 1. The fraction of sp³-hybridized carbons (Fsp3) is 0.226. The molecular formula is C31H28N5O2PPd. The SMILES string of the molecule is CCOC(=O)C(P(c1ccccc1)c1ccccc1)C(C#N)(C#N)C(=C=[N-])C#N.CN(C)Cc1c[c-]ccc1.[Pd+2]. The van der Waals surface area contributed by atoms with Gasteiger partial charge in [-0.25, -0.2) is 0 Å². The molecule has 1 atom stereocenters. The van der Waals surface area contributed by atoms with Crippen LogP contribution < -0.4 is 10.6 Å². The summed E-state index contributed by atoms with van der Waals surface area (Å²) in [5, 5.41) is 40.2. The zero-order valence-electron chi connectivity index (χ0n) is 22.4. The third kappa shape index (κ3) is 8.82. The van der Waals surface area contributed by atoms with Crippen LogP contribution in [-0.2, 0) is 36.5 Å². The smallest absolute Gasteiger partial charge is 0.762 e. The first kappa shape index (κ1) is 34.1. The van der Waals surface area contributed by atoms with Crippen molar-refractivity contribution in [3.8, 4) is 18.2 Å². The summed E-state index contributed by atoms with van der Waals surface area (Å²) in [5.74, 6) is 0.849. The van der Waals surface area contributed by atoms with Gasteiger partial charge in [-0.3, -0.25) is 10.7 Å². The van der Waals surface area contributed by atoms with Crippen LogP contribution in [0.4, 0.5) is 0 Å². The third-order valence-corrected chi connectivity index (χ3v) is 8.31. The molecule has 0 aliphatic heterocycles. The van der Waals surface area contributed by atoms with Crippen molar-refractivity contribution in [2.75, 3.05) is 20.7 Å². The Bertz CT molecular complexity index is 1340. The normalized spacial score (nSPS) is 10.8. The Hall–Kier alpha value is -3.90. The molecule has 0 radical (unpaired) electrons. The number of nitrogens with zero attached hydrogens (tertiary/aromatic N) is 5. The second kappa shape index (κ2) is 17.6. The number of ether oxygens (including phenoxy) is 1. The number of rotatable bonds is 9. The minimum absolute atomic E-state index is 0. The van der Waals surface area contributed by atoms with Gasteiger partial charge in [0.1, 0.15) is 11.7 Å². The molecule has 9 heteroatoms. The van der Waals surface area contributed by atoms with Gasteiger partial charge in [0.2, 0.25) is 5.41 Å². The Balaban J connectivity index is 0.000000612. The molecule has 0 spiro atoms. The average Bonchev–Trinajstić information content (AvgIpc) is 2.96. The van der Waals surface area contributed by atoms with Crippen molar-refractivity contribution >= 4 is 30.4 Å². The Morgan fingerprint density at radius 3 is 1.93 bits per heavy atom. The zero-order chi connectivity index (χ0) is 28.7. The summed E-state index contributed by atoms with van der Waals surface area (Å²) in [6.45, 7) is 2.64. The second-order valence-corrected chi connectivity index (χ2v) is 10.8. The Labute approximate surface area is 251 Å². The Kier molecular flexibility index (Phi) is 15.1. The summed E-state index contributed by atoms with van der Waals surface area (Å²) < 4.78 is 5.22. The summed E-state index contributed by atoms with van der Waals surface area (Å²) in [5.41, 5.74) is -2.94. The summed E-state index contributed by atoms with van der Waals surface area (Å²) in [4.78, 5) is 15.2. The number of allylic oxidation sites excluding steroid dienone is 1. The number of nitriles is 3. The van der Waals surface area contributed by atoms with E-state index in [0.29, 0.717) is 0 Å². The molecule has 0 aromatic heterocycles. The van der Waals surface area contributed by atoms with Crippen molar-refractivity contribution in [3.63, 3.8) is 0 Å². The number of carbonyl (C=O) groups excluding carboxylic acids is 1. The molecule has 0 saturated heterocycles. The predicted molar refractivity (Wildman–Crippen MR) is 153 cm³/mol. The molecule has 3 aromatic carbocycles. The molecule has 204 valence electrons. The maximum absolute atomic E-state index is 13.1. The maximum atomic E-state index is 13.1. The van der Waals surface area contributed by atoms with Gasteiger partial charge in [-0.05, 0) is 46.1 Å². The molecule has 40 heavy (non-hydrogen) atoms. The first-order chi connectivity index (χ1) is 18.9. The molecule has 0 fully saturated rings. The van der Waals surface area contributed by atoms with Crippen molar-refractivity contribution in [3.05, 3.63) is 108 Å². The van der Waals surface area contributed by atoms with Gasteiger partial charge < -0.3 is 15.0 Å². The van der Waals surface area contributed by atoms with Gasteiger partial charge >= 0.3 is 26.4 Å². The van der Waals surface area contributed by atoms with Crippen LogP contribution >= 0.6 is 7.92 Å². The van der Waals surface area contributed by atoms with Crippen LogP contribution in [-0.4, -0.2) is 43.1 Å². The quantitative estimate of drug-likeness (QED) is 0.0858. The molecule has 0 saturated carbocycles. The van der Waals surface area contributed by atoms with Crippen LogP contribution in [0.15, 0.2) is 90.5 Å². The van der Waals surface area contributed by atoms with Gasteiger partial charge in [0, 0.05) is 0 Å². The summed E-state index contributed by atoms with van der Waals surface area (Å²) in [6.07, 6.45) is 0. The molecule has 0 bridgehead atoms. The number of hydrogen-bond acceptors (Lipinski definition) is 6. The van der Waals surface area contributed by atoms with Gasteiger partial charge in [0.05, 0.1) is 24.3 Å². The van der Waals surface area contributed by atoms with E-state index in [9.17, 15) is 26.0 Å². The molecule has 7 nitrogen and oxygen atoms in total. The van der Waals surface area contributed by atoms with Crippen molar-refractivity contribution < 1.29 is 30.0 Å². The standard InChI is InChI=1S/C22H16N4O2P.C9H12N.Pd/c1-2-28-21(27)20(22(15-25,16-26)17(13-23)14-24)29(18-9-5-3-6-10-18)19-11-7-4-8-12-19;1-10(2)8-9-6-4-3-5-7-9;/h3-12,20H,2H2,1H3;3-4,6-7H,8H2,1-2H3;/q2*-1;+2. The van der Waals surface area contributed by atoms with E-state index in [1.54, 1.807) is 79.5 Å². The van der Waals surface area contributed by atoms with Gasteiger partial charge in [-0.2, -0.15) is 46.1 Å². The van der Waals surface area contributed by atoms with Crippen molar-refractivity contribution in [1.82, 2.24) is 4.90 Å². The zero-order valence-corrected chi connectivity index (χ0v) is 24.8. The summed E-state index contributed by atoms with van der Waals surface area (Å²) >= 11 is 0. The van der Waals surface area contributed by atoms with Crippen molar-refractivity contribution in [2.24, 2.45) is 5.41 Å². The van der Waals surface area contributed by atoms with Crippen LogP contribution in [0.3, 0.4) is 0 Å². The van der Waals surface area contributed by atoms with E-state index >= 15 is 0 Å². The topological polar surface area (TPSA) is 123 Å². The summed E-state index contributed by atoms with van der Waals surface area (Å²) in [7, 11) is 2.47. The molecule has 0 amide bonds. The van der Waals surface area contributed by atoms with E-state index in [1.807, 2.05) is 30.3 Å². The van der Waals surface area contributed by atoms with Crippen LogP contribution in [0, 0.1) is 45.5 Å². The van der Waals surface area contributed by atoms with E-state index in [2.05, 4.69) is 31.1 Å². The molecular weight excluding hydrogens is 612 g/mol. The average molecular weight is 640 g/mol. The van der Waals surface area contributed by atoms with E-state index in [0.717, 1.165) is 17.2 Å². The van der Waals surface area contributed by atoms with E-state index < -0.39 is 30.5 Å². The van der Waals surface area contributed by atoms with Crippen LogP contribution in [0.1, 0.15) is 12.5 Å². The molecule has 0 N–H and O–H groups in total. The Morgan fingerprint density at radius 1 is 1.00 bits per heavy atom. The van der Waals surface area contributed by atoms with Gasteiger partial charge in [0.25, 0.3) is 0 Å². The number of hydrogen-bond donors (Lipinski definition) is 0. The molecule has 3 aromatic rings. The van der Waals surface area contributed by atoms with Gasteiger partial charge in [0.15, 0.2) is 0 Å². The van der Waals surface area contributed by atoms with Crippen LogP contribution in [0.5, 0.6) is 0 Å². The largest absolute Gasteiger partial charge is 2.00 e. The molecule has 0 heterocycles. The fourth-order valence-corrected chi connectivity index (χ4v) is 6.61. The van der Waals surface area contributed by atoms with E-state index in [-0.39, 0.29) is 27.0 Å². The van der Waals surface area contributed by atoms with E-state index in [4.69, 9.17) is 4.74 Å². The number of esters is 1. The molecule has 3 rings (SSSR count). The first-order valence-electron chi connectivity index (χ1n) is 12.0. The third-order valence-electron chi connectivity index (χ3n) is 5.49. The fourth-order valence-electron chi connectivity index (χ4n) is 3.81. The van der Waals surface area contributed by atoms with Crippen molar-refractivity contribution in [1.29, 1.82) is 15.8 Å². The minimum atomic E-state index is -2.27. The minimum Gasteiger partial charge on any atom is -0.762 e. The monoisotopic (exact) mass is 639 g/mol. The van der Waals surface area contributed by atoms with Crippen LogP contribution in [0.25, 0.3) is 5.41 Å². The summed E-state index contributed by atoms with van der Waals surface area (Å²) in [6, 6.07) is 34.3. The first-order valence-corrected chi connectivity index (χ1v) is 13.4. The second-order valence-electron chi connectivity index (χ2n) is 8.48. The maximum Gasteiger partial charge on any atom is 2.00 e. The van der Waals surface area contributed by atoms with Crippen molar-refractivity contribution in [2.45, 2.75) is 19.1 Å². The molecule has 0 aliphatic carbocycles. The number of benzene rings is 3. The van der Waals surface area contributed by atoms with Gasteiger partial charge in [-0.15, -0.1) is 5.56 Å². The molecule has 1 unspecified atom stereocenters. The van der Waals surface area contributed by atoms with E-state index in [1.165, 1.54) is 5.56 Å². The van der Waals surface area contributed by atoms with Gasteiger partial charge in [-0.1, -0.05) is 60.7 Å².